The molecule has 1 fully saturated rings. The molecule has 21 heavy (non-hydrogen) atoms. The van der Waals surface area contributed by atoms with Crippen molar-refractivity contribution in [3.05, 3.63) is 35.4 Å². The Hall–Kier alpha value is -1.39. The number of carbonyl (C=O) groups excluding carboxylic acids is 1. The molecule has 0 radical (unpaired) electrons. The Morgan fingerprint density at radius 2 is 1.90 bits per heavy atom. The van der Waals surface area contributed by atoms with Crippen LogP contribution in [0.4, 0.5) is 0 Å². The lowest BCUT2D eigenvalue weighted by Crippen LogP contribution is -2.49. The Balaban J connectivity index is 1.93. The van der Waals surface area contributed by atoms with E-state index >= 15 is 0 Å². The predicted molar refractivity (Wildman–Crippen MR) is 84.0 cm³/mol. The van der Waals surface area contributed by atoms with E-state index in [1.54, 1.807) is 0 Å². The van der Waals surface area contributed by atoms with E-state index in [0.717, 1.165) is 31.5 Å². The third kappa shape index (κ3) is 4.05. The van der Waals surface area contributed by atoms with Gasteiger partial charge >= 0.3 is 0 Å². The first kappa shape index (κ1) is 16.0. The van der Waals surface area contributed by atoms with Gasteiger partial charge in [0.15, 0.2) is 0 Å². The maximum atomic E-state index is 12.4. The third-order valence-corrected chi connectivity index (χ3v) is 4.44. The Labute approximate surface area is 127 Å². The van der Waals surface area contributed by atoms with Crippen LogP contribution in [0, 0.1) is 6.92 Å². The van der Waals surface area contributed by atoms with Crippen LogP contribution in [-0.4, -0.2) is 41.1 Å². The minimum atomic E-state index is -0.206. The number of aliphatic hydroxyl groups excluding tert-OH is 1. The van der Waals surface area contributed by atoms with Crippen LogP contribution < -0.4 is 5.32 Å². The molecule has 1 heterocycles. The van der Waals surface area contributed by atoms with Crippen molar-refractivity contribution in [3.8, 4) is 0 Å². The lowest BCUT2D eigenvalue weighted by molar-refractivity contribution is -0.127. The fraction of sp³-hybridized carbons (Fsp3) is 0.588. The number of piperidine rings is 1. The maximum Gasteiger partial charge on any atom is 0.237 e. The zero-order valence-electron chi connectivity index (χ0n) is 13.2. The average molecular weight is 290 g/mol. The first-order valence-electron chi connectivity index (χ1n) is 7.77. The molecular formula is C17H26N2O2. The molecule has 1 aromatic rings. The predicted octanol–water partition coefficient (Wildman–Crippen LogP) is 2.02. The molecule has 1 aromatic carbocycles. The van der Waals surface area contributed by atoms with Crippen LogP contribution in [0.25, 0.3) is 0 Å². The number of rotatable bonds is 4. The number of aryl methyl sites for hydroxylation is 1. The van der Waals surface area contributed by atoms with Crippen molar-refractivity contribution in [3.63, 3.8) is 0 Å². The summed E-state index contributed by atoms with van der Waals surface area (Å²) < 4.78 is 0. The SMILES string of the molecule is Cc1ccccc1C(C)NC(=O)C(C)N1CCC(O)CC1. The van der Waals surface area contributed by atoms with Crippen LogP contribution in [-0.2, 0) is 4.79 Å². The average Bonchev–Trinajstić information content (AvgIpc) is 2.47. The van der Waals surface area contributed by atoms with E-state index in [1.165, 1.54) is 5.56 Å². The summed E-state index contributed by atoms with van der Waals surface area (Å²) in [5.41, 5.74) is 2.35. The van der Waals surface area contributed by atoms with Crippen molar-refractivity contribution in [2.24, 2.45) is 0 Å². The molecule has 0 bridgehead atoms. The van der Waals surface area contributed by atoms with Crippen molar-refractivity contribution in [1.82, 2.24) is 10.2 Å². The second-order valence-electron chi connectivity index (χ2n) is 6.03. The molecule has 1 saturated heterocycles. The minimum Gasteiger partial charge on any atom is -0.393 e. The van der Waals surface area contributed by atoms with Crippen LogP contribution in [0.3, 0.4) is 0 Å². The fourth-order valence-electron chi connectivity index (χ4n) is 2.92. The standard InChI is InChI=1S/C17H26N2O2/c1-12-6-4-5-7-16(12)13(2)18-17(21)14(3)19-10-8-15(20)9-11-19/h4-7,13-15,20H,8-11H2,1-3H3,(H,18,21). The monoisotopic (exact) mass is 290 g/mol. The van der Waals surface area contributed by atoms with E-state index in [4.69, 9.17) is 0 Å². The number of nitrogens with one attached hydrogen (secondary N) is 1. The van der Waals surface area contributed by atoms with Gasteiger partial charge in [-0.05, 0) is 44.7 Å². The largest absolute Gasteiger partial charge is 0.393 e. The highest BCUT2D eigenvalue weighted by atomic mass is 16.3. The molecule has 116 valence electrons. The van der Waals surface area contributed by atoms with Crippen molar-refractivity contribution in [2.75, 3.05) is 13.1 Å². The highest BCUT2D eigenvalue weighted by Gasteiger charge is 2.26. The lowest BCUT2D eigenvalue weighted by Gasteiger charge is -2.34. The molecule has 1 aliphatic rings. The number of amides is 1. The number of hydrogen-bond donors (Lipinski definition) is 2. The molecule has 0 aliphatic carbocycles. The smallest absolute Gasteiger partial charge is 0.237 e. The van der Waals surface area contributed by atoms with Crippen LogP contribution in [0.5, 0.6) is 0 Å². The van der Waals surface area contributed by atoms with Gasteiger partial charge in [0.25, 0.3) is 0 Å². The van der Waals surface area contributed by atoms with Gasteiger partial charge in [-0.1, -0.05) is 24.3 Å². The van der Waals surface area contributed by atoms with Crippen LogP contribution >= 0.6 is 0 Å². The maximum absolute atomic E-state index is 12.4. The third-order valence-electron chi connectivity index (χ3n) is 4.44. The van der Waals surface area contributed by atoms with Crippen LogP contribution in [0.1, 0.15) is 43.9 Å². The molecule has 2 atom stereocenters. The molecular weight excluding hydrogens is 264 g/mol. The van der Waals surface area contributed by atoms with Gasteiger partial charge in [0.1, 0.15) is 0 Å². The van der Waals surface area contributed by atoms with Crippen molar-refractivity contribution >= 4 is 5.91 Å². The summed E-state index contributed by atoms with van der Waals surface area (Å²) in [7, 11) is 0. The van der Waals surface area contributed by atoms with Gasteiger partial charge < -0.3 is 10.4 Å². The molecule has 0 spiro atoms. The second-order valence-corrected chi connectivity index (χ2v) is 6.03. The van der Waals surface area contributed by atoms with Crippen molar-refractivity contribution in [2.45, 2.75) is 51.8 Å². The van der Waals surface area contributed by atoms with Crippen LogP contribution in [0.15, 0.2) is 24.3 Å². The molecule has 1 amide bonds. The summed E-state index contributed by atoms with van der Waals surface area (Å²) in [6.07, 6.45) is 1.30. The van der Waals surface area contributed by atoms with Crippen molar-refractivity contribution in [1.29, 1.82) is 0 Å². The summed E-state index contributed by atoms with van der Waals surface area (Å²) in [6, 6.07) is 7.99. The summed E-state index contributed by atoms with van der Waals surface area (Å²) in [4.78, 5) is 14.5. The fourth-order valence-corrected chi connectivity index (χ4v) is 2.92. The number of nitrogens with zero attached hydrogens (tertiary/aromatic N) is 1. The van der Waals surface area contributed by atoms with Gasteiger partial charge in [0, 0.05) is 13.1 Å². The van der Waals surface area contributed by atoms with Crippen LogP contribution in [0.2, 0.25) is 0 Å². The first-order chi connectivity index (χ1) is 9.99. The number of carbonyl (C=O) groups is 1. The zero-order valence-corrected chi connectivity index (χ0v) is 13.2. The molecule has 4 heteroatoms. The topological polar surface area (TPSA) is 52.6 Å². The van der Waals surface area contributed by atoms with Gasteiger partial charge in [-0.3, -0.25) is 9.69 Å². The van der Waals surface area contributed by atoms with E-state index in [0.29, 0.717) is 0 Å². The summed E-state index contributed by atoms with van der Waals surface area (Å²) in [6.45, 7) is 7.60. The van der Waals surface area contributed by atoms with Gasteiger partial charge in [0.2, 0.25) is 5.91 Å². The highest BCUT2D eigenvalue weighted by Crippen LogP contribution is 2.18. The second kappa shape index (κ2) is 7.05. The Morgan fingerprint density at radius 1 is 1.29 bits per heavy atom. The molecule has 2 unspecified atom stereocenters. The van der Waals surface area contributed by atoms with Gasteiger partial charge in [-0.15, -0.1) is 0 Å². The number of hydrogen-bond acceptors (Lipinski definition) is 3. The molecule has 2 N–H and O–H groups in total. The summed E-state index contributed by atoms with van der Waals surface area (Å²) in [5.74, 6) is 0.0575. The normalized spacial score (nSPS) is 20.0. The summed E-state index contributed by atoms with van der Waals surface area (Å²) in [5, 5.41) is 12.6. The minimum absolute atomic E-state index is 0.0107. The number of aliphatic hydroxyl groups is 1. The Bertz CT molecular complexity index is 481. The Kier molecular flexibility index (Phi) is 5.37. The van der Waals surface area contributed by atoms with Gasteiger partial charge in [-0.2, -0.15) is 0 Å². The van der Waals surface area contributed by atoms with E-state index in [2.05, 4.69) is 29.3 Å². The lowest BCUT2D eigenvalue weighted by atomic mass is 10.0. The van der Waals surface area contributed by atoms with Gasteiger partial charge in [0.05, 0.1) is 18.2 Å². The molecule has 0 aromatic heterocycles. The van der Waals surface area contributed by atoms with Gasteiger partial charge in [-0.25, -0.2) is 0 Å². The quantitative estimate of drug-likeness (QED) is 0.892. The molecule has 0 saturated carbocycles. The number of likely N-dealkylation sites (tertiary alicyclic amines) is 1. The Morgan fingerprint density at radius 3 is 2.52 bits per heavy atom. The van der Waals surface area contributed by atoms with E-state index in [-0.39, 0.29) is 24.1 Å². The number of benzene rings is 1. The summed E-state index contributed by atoms with van der Waals surface area (Å²) >= 11 is 0. The molecule has 4 nitrogen and oxygen atoms in total. The molecule has 2 rings (SSSR count). The zero-order chi connectivity index (χ0) is 15.4. The first-order valence-corrected chi connectivity index (χ1v) is 7.77. The molecule has 1 aliphatic heterocycles. The van der Waals surface area contributed by atoms with Crippen molar-refractivity contribution < 1.29 is 9.90 Å². The van der Waals surface area contributed by atoms with E-state index in [1.807, 2.05) is 26.0 Å². The van der Waals surface area contributed by atoms with E-state index < -0.39 is 0 Å². The van der Waals surface area contributed by atoms with E-state index in [9.17, 15) is 9.90 Å². The highest BCUT2D eigenvalue weighted by molar-refractivity contribution is 5.81.